The monoisotopic (exact) mass is 360 g/mol. The molecule has 0 aliphatic carbocycles. The molecule has 0 radical (unpaired) electrons. The summed E-state index contributed by atoms with van der Waals surface area (Å²) < 4.78 is 39.3. The second-order valence-corrected chi connectivity index (χ2v) is 6.60. The molecule has 1 saturated heterocycles. The number of rotatable bonds is 2. The molecule has 0 bridgehead atoms. The van der Waals surface area contributed by atoms with Crippen molar-refractivity contribution in [1.82, 2.24) is 4.90 Å². The number of nitrogens with one attached hydrogen (secondary N) is 1. The highest BCUT2D eigenvalue weighted by Gasteiger charge is 2.48. The van der Waals surface area contributed by atoms with E-state index < -0.39 is 17.7 Å². The molecule has 0 aromatic heterocycles. The first-order chi connectivity index (χ1) is 12.4. The molecule has 2 aliphatic heterocycles. The van der Waals surface area contributed by atoms with Crippen molar-refractivity contribution in [3.63, 3.8) is 0 Å². The van der Waals surface area contributed by atoms with E-state index >= 15 is 0 Å². The maximum Gasteiger partial charge on any atom is 0.322 e. The highest BCUT2D eigenvalue weighted by molar-refractivity contribution is 5.90. The summed E-state index contributed by atoms with van der Waals surface area (Å²) in [6.07, 6.45) is 0.501. The minimum Gasteiger partial charge on any atom is -0.447 e. The topological polar surface area (TPSA) is 50.8 Å². The van der Waals surface area contributed by atoms with Gasteiger partial charge in [0.1, 0.15) is 0 Å². The van der Waals surface area contributed by atoms with Crippen molar-refractivity contribution in [1.29, 1.82) is 0 Å². The first-order valence-electron chi connectivity index (χ1n) is 8.37. The number of carbonyl (C=O) groups is 1. The lowest BCUT2D eigenvalue weighted by atomic mass is 10.1. The molecule has 0 unspecified atom stereocenters. The smallest absolute Gasteiger partial charge is 0.322 e. The Kier molecular flexibility index (Phi) is 3.75. The first-order valence-corrected chi connectivity index (χ1v) is 8.37. The number of carbonyl (C=O) groups excluding carboxylic acids is 1. The molecular formula is C19H18F2N2O3. The predicted molar refractivity (Wildman–Crippen MR) is 91.6 cm³/mol. The van der Waals surface area contributed by atoms with Gasteiger partial charge in [-0.15, -0.1) is 0 Å². The zero-order valence-electron chi connectivity index (χ0n) is 14.2. The number of halogens is 2. The molecule has 1 N–H and O–H groups in total. The Balaban J connectivity index is 1.47. The standard InChI is InChI=1S/C19H18F2N2O3/c1-18(20,21)13-6-2-3-7-14(13)22-17(24)23-11-10-19(12-23)25-15-8-4-5-9-16(15)26-19/h2-9H,10-12H2,1H3,(H,22,24). The third kappa shape index (κ3) is 2.94. The van der Waals surface area contributed by atoms with Gasteiger partial charge in [-0.25, -0.2) is 13.6 Å². The molecule has 1 spiro atoms. The quantitative estimate of drug-likeness (QED) is 0.873. The van der Waals surface area contributed by atoms with Gasteiger partial charge in [-0.2, -0.15) is 0 Å². The molecule has 0 saturated carbocycles. The van der Waals surface area contributed by atoms with E-state index in [2.05, 4.69) is 5.32 Å². The lowest BCUT2D eigenvalue weighted by Crippen LogP contribution is -2.43. The van der Waals surface area contributed by atoms with Gasteiger partial charge in [0.15, 0.2) is 11.5 Å². The van der Waals surface area contributed by atoms with Crippen LogP contribution in [0, 0.1) is 0 Å². The van der Waals surface area contributed by atoms with Crippen LogP contribution in [0.1, 0.15) is 18.9 Å². The van der Waals surface area contributed by atoms with E-state index in [1.54, 1.807) is 6.07 Å². The number of para-hydroxylation sites is 3. The molecule has 26 heavy (non-hydrogen) atoms. The minimum absolute atomic E-state index is 0.0995. The van der Waals surface area contributed by atoms with E-state index in [1.165, 1.54) is 23.1 Å². The SMILES string of the molecule is CC(F)(F)c1ccccc1NC(=O)N1CCC2(C1)Oc1ccccc1O2. The zero-order valence-corrected chi connectivity index (χ0v) is 14.2. The average molecular weight is 360 g/mol. The number of ether oxygens (including phenoxy) is 2. The molecule has 2 amide bonds. The Morgan fingerprint density at radius 3 is 2.38 bits per heavy atom. The van der Waals surface area contributed by atoms with E-state index in [-0.39, 0.29) is 17.8 Å². The average Bonchev–Trinajstić information content (AvgIpc) is 3.17. The summed E-state index contributed by atoms with van der Waals surface area (Å²) in [7, 11) is 0. The minimum atomic E-state index is -3.05. The highest BCUT2D eigenvalue weighted by atomic mass is 19.3. The van der Waals surface area contributed by atoms with Crippen LogP contribution in [0.25, 0.3) is 0 Å². The molecule has 2 aromatic carbocycles. The van der Waals surface area contributed by atoms with Gasteiger partial charge in [0.05, 0.1) is 12.2 Å². The first kappa shape index (κ1) is 16.6. The molecule has 4 rings (SSSR count). The fourth-order valence-corrected chi connectivity index (χ4v) is 3.30. The van der Waals surface area contributed by atoms with Crippen LogP contribution in [0.2, 0.25) is 0 Å². The van der Waals surface area contributed by atoms with Gasteiger partial charge in [0.2, 0.25) is 0 Å². The normalized spacial score (nSPS) is 17.6. The molecule has 2 heterocycles. The molecule has 136 valence electrons. The van der Waals surface area contributed by atoms with Crippen LogP contribution in [0.5, 0.6) is 11.5 Å². The van der Waals surface area contributed by atoms with E-state index in [0.717, 1.165) is 6.92 Å². The van der Waals surface area contributed by atoms with Crippen molar-refractivity contribution in [2.45, 2.75) is 25.1 Å². The van der Waals surface area contributed by atoms with Crippen LogP contribution in [0.4, 0.5) is 19.3 Å². The lowest BCUT2D eigenvalue weighted by Gasteiger charge is -2.24. The number of hydrogen-bond acceptors (Lipinski definition) is 3. The van der Waals surface area contributed by atoms with Crippen LogP contribution in [-0.4, -0.2) is 29.8 Å². The molecular weight excluding hydrogens is 342 g/mol. The number of amides is 2. The van der Waals surface area contributed by atoms with Crippen LogP contribution in [0.15, 0.2) is 48.5 Å². The number of hydrogen-bond donors (Lipinski definition) is 1. The summed E-state index contributed by atoms with van der Waals surface area (Å²) in [6, 6.07) is 12.8. The summed E-state index contributed by atoms with van der Waals surface area (Å²) in [5.74, 6) is -2.67. The third-order valence-corrected chi connectivity index (χ3v) is 4.56. The number of nitrogens with zero attached hydrogens (tertiary/aromatic N) is 1. The fraction of sp³-hybridized carbons (Fsp3) is 0.316. The van der Waals surface area contributed by atoms with Gasteiger partial charge >= 0.3 is 6.03 Å². The van der Waals surface area contributed by atoms with Gasteiger partial charge in [-0.3, -0.25) is 0 Å². The predicted octanol–water partition coefficient (Wildman–Crippen LogP) is 4.20. The Morgan fingerprint density at radius 2 is 1.73 bits per heavy atom. The van der Waals surface area contributed by atoms with Crippen molar-refractivity contribution in [3.8, 4) is 11.5 Å². The van der Waals surface area contributed by atoms with Gasteiger partial charge in [-0.05, 0) is 18.2 Å². The van der Waals surface area contributed by atoms with Gasteiger partial charge < -0.3 is 19.7 Å². The van der Waals surface area contributed by atoms with Crippen molar-refractivity contribution < 1.29 is 23.0 Å². The maximum atomic E-state index is 13.7. The van der Waals surface area contributed by atoms with Crippen molar-refractivity contribution in [2.24, 2.45) is 0 Å². The van der Waals surface area contributed by atoms with Crippen molar-refractivity contribution >= 4 is 11.7 Å². The van der Waals surface area contributed by atoms with Crippen LogP contribution >= 0.6 is 0 Å². The highest BCUT2D eigenvalue weighted by Crippen LogP contribution is 2.43. The molecule has 2 aliphatic rings. The van der Waals surface area contributed by atoms with Gasteiger partial charge in [0, 0.05) is 25.5 Å². The Bertz CT molecular complexity index is 826. The Morgan fingerprint density at radius 1 is 1.12 bits per heavy atom. The molecule has 7 heteroatoms. The number of likely N-dealkylation sites (tertiary alicyclic amines) is 1. The molecule has 2 aromatic rings. The number of urea groups is 1. The Labute approximate surface area is 149 Å². The number of anilines is 1. The van der Waals surface area contributed by atoms with E-state index in [0.29, 0.717) is 24.5 Å². The van der Waals surface area contributed by atoms with Crippen molar-refractivity contribution in [3.05, 3.63) is 54.1 Å². The van der Waals surface area contributed by atoms with Crippen LogP contribution < -0.4 is 14.8 Å². The second kappa shape index (κ2) is 5.86. The van der Waals surface area contributed by atoms with E-state index in [4.69, 9.17) is 9.47 Å². The van der Waals surface area contributed by atoms with Crippen LogP contribution in [0.3, 0.4) is 0 Å². The van der Waals surface area contributed by atoms with E-state index in [9.17, 15) is 13.6 Å². The number of fused-ring (bicyclic) bond motifs is 1. The molecule has 0 atom stereocenters. The van der Waals surface area contributed by atoms with Gasteiger partial charge in [-0.1, -0.05) is 30.3 Å². The van der Waals surface area contributed by atoms with Gasteiger partial charge in [0.25, 0.3) is 11.7 Å². The number of benzene rings is 2. The summed E-state index contributed by atoms with van der Waals surface area (Å²) in [6.45, 7) is 1.43. The molecule has 1 fully saturated rings. The molecule has 5 nitrogen and oxygen atoms in total. The second-order valence-electron chi connectivity index (χ2n) is 6.60. The summed E-state index contributed by atoms with van der Waals surface area (Å²) in [5.41, 5.74) is -0.120. The summed E-state index contributed by atoms with van der Waals surface area (Å²) in [5, 5.41) is 2.58. The van der Waals surface area contributed by atoms with E-state index in [1.807, 2.05) is 24.3 Å². The largest absolute Gasteiger partial charge is 0.447 e. The summed E-state index contributed by atoms with van der Waals surface area (Å²) in [4.78, 5) is 14.1. The van der Waals surface area contributed by atoms with Crippen molar-refractivity contribution in [2.75, 3.05) is 18.4 Å². The summed E-state index contributed by atoms with van der Waals surface area (Å²) >= 11 is 0. The maximum absolute atomic E-state index is 13.7. The number of alkyl halides is 2. The zero-order chi connectivity index (χ0) is 18.4. The third-order valence-electron chi connectivity index (χ3n) is 4.56. The lowest BCUT2D eigenvalue weighted by molar-refractivity contribution is -0.0647. The fourth-order valence-electron chi connectivity index (χ4n) is 3.30. The van der Waals surface area contributed by atoms with Crippen LogP contribution in [-0.2, 0) is 5.92 Å². The Hall–Kier alpha value is -2.83.